The topological polar surface area (TPSA) is 36.3 Å². The summed E-state index contributed by atoms with van der Waals surface area (Å²) in [5.41, 5.74) is 2.02. The SMILES string of the molecule is CN(C)C[C@@H](F)C[C@]1(c2ccc(F)cc2)OCc2cc(C#N)ccc21. The molecule has 0 saturated carbocycles. The molecule has 2 aromatic rings. The van der Waals surface area contributed by atoms with Crippen LogP contribution >= 0.6 is 0 Å². The molecule has 0 amide bonds. The van der Waals surface area contributed by atoms with Gasteiger partial charge >= 0.3 is 0 Å². The van der Waals surface area contributed by atoms with Crippen LogP contribution in [-0.2, 0) is 16.9 Å². The van der Waals surface area contributed by atoms with Crippen LogP contribution in [0.4, 0.5) is 8.78 Å². The molecule has 0 aromatic heterocycles. The van der Waals surface area contributed by atoms with Crippen LogP contribution in [0.25, 0.3) is 0 Å². The van der Waals surface area contributed by atoms with Gasteiger partial charge in [-0.05, 0) is 55.1 Å². The third-order valence-corrected chi connectivity index (χ3v) is 4.53. The van der Waals surface area contributed by atoms with Crippen molar-refractivity contribution in [3.05, 3.63) is 70.5 Å². The third-order valence-electron chi connectivity index (χ3n) is 4.53. The second-order valence-corrected chi connectivity index (χ2v) is 6.67. The highest BCUT2D eigenvalue weighted by molar-refractivity contribution is 5.48. The van der Waals surface area contributed by atoms with Gasteiger partial charge in [-0.15, -0.1) is 0 Å². The van der Waals surface area contributed by atoms with Crippen molar-refractivity contribution in [2.24, 2.45) is 0 Å². The van der Waals surface area contributed by atoms with E-state index in [0.717, 1.165) is 16.7 Å². The van der Waals surface area contributed by atoms with Crippen molar-refractivity contribution in [2.45, 2.75) is 24.8 Å². The van der Waals surface area contributed by atoms with Crippen molar-refractivity contribution in [1.29, 1.82) is 5.26 Å². The van der Waals surface area contributed by atoms with Gasteiger partial charge < -0.3 is 9.64 Å². The fourth-order valence-corrected chi connectivity index (χ4v) is 3.47. The molecule has 1 heterocycles. The summed E-state index contributed by atoms with van der Waals surface area (Å²) in [6.45, 7) is 0.578. The van der Waals surface area contributed by atoms with Gasteiger partial charge in [-0.2, -0.15) is 5.26 Å². The van der Waals surface area contributed by atoms with Crippen LogP contribution in [-0.4, -0.2) is 31.7 Å². The Balaban J connectivity index is 2.06. The first kappa shape index (κ1) is 17.5. The average Bonchev–Trinajstić information content (AvgIpc) is 2.93. The zero-order chi connectivity index (χ0) is 18.0. The Bertz CT molecular complexity index is 798. The standard InChI is InChI=1S/C20H20F2N2O/c1-24(2)12-18(22)10-20(16-4-6-17(21)7-5-16)19-8-3-14(11-23)9-15(19)13-25-20/h3-9,18H,10,12-13H2,1-2H3/t18-,20+/m0/s1. The predicted octanol–water partition coefficient (Wildman–Crippen LogP) is 3.76. The average molecular weight is 342 g/mol. The highest BCUT2D eigenvalue weighted by atomic mass is 19.1. The number of rotatable bonds is 5. The molecule has 2 aromatic carbocycles. The Labute approximate surface area is 146 Å². The molecule has 0 bridgehead atoms. The number of hydrogen-bond acceptors (Lipinski definition) is 3. The summed E-state index contributed by atoms with van der Waals surface area (Å²) in [7, 11) is 3.64. The van der Waals surface area contributed by atoms with Crippen molar-refractivity contribution in [3.63, 3.8) is 0 Å². The van der Waals surface area contributed by atoms with E-state index in [4.69, 9.17) is 10.00 Å². The van der Waals surface area contributed by atoms with E-state index in [1.165, 1.54) is 12.1 Å². The second kappa shape index (κ2) is 6.91. The smallest absolute Gasteiger partial charge is 0.123 e. The molecule has 1 aliphatic heterocycles. The van der Waals surface area contributed by atoms with Crippen LogP contribution in [0.3, 0.4) is 0 Å². The molecule has 0 aliphatic carbocycles. The van der Waals surface area contributed by atoms with Gasteiger partial charge in [0.1, 0.15) is 17.6 Å². The molecular formula is C20H20F2N2O. The predicted molar refractivity (Wildman–Crippen MR) is 91.2 cm³/mol. The molecule has 3 nitrogen and oxygen atoms in total. The Kier molecular flexibility index (Phi) is 4.85. The summed E-state index contributed by atoms with van der Waals surface area (Å²) in [6, 6.07) is 13.4. The maximum Gasteiger partial charge on any atom is 0.123 e. The lowest BCUT2D eigenvalue weighted by atomic mass is 9.81. The van der Waals surface area contributed by atoms with Crippen molar-refractivity contribution >= 4 is 0 Å². The van der Waals surface area contributed by atoms with Gasteiger partial charge in [0, 0.05) is 13.0 Å². The number of hydrogen-bond donors (Lipinski definition) is 0. The Morgan fingerprint density at radius 2 is 1.96 bits per heavy atom. The van der Waals surface area contributed by atoms with Gasteiger partial charge in [-0.25, -0.2) is 8.78 Å². The van der Waals surface area contributed by atoms with Gasteiger partial charge in [0.15, 0.2) is 0 Å². The van der Waals surface area contributed by atoms with Crippen LogP contribution in [0.5, 0.6) is 0 Å². The quantitative estimate of drug-likeness (QED) is 0.830. The van der Waals surface area contributed by atoms with E-state index in [-0.39, 0.29) is 18.8 Å². The van der Waals surface area contributed by atoms with Crippen LogP contribution in [0.1, 0.15) is 28.7 Å². The summed E-state index contributed by atoms with van der Waals surface area (Å²) < 4.78 is 34.2. The van der Waals surface area contributed by atoms with E-state index >= 15 is 0 Å². The summed E-state index contributed by atoms with van der Waals surface area (Å²) in [5, 5.41) is 9.09. The number of ether oxygens (including phenoxy) is 1. The highest BCUT2D eigenvalue weighted by Crippen LogP contribution is 2.46. The van der Waals surface area contributed by atoms with Crippen LogP contribution < -0.4 is 0 Å². The highest BCUT2D eigenvalue weighted by Gasteiger charge is 2.43. The summed E-state index contributed by atoms with van der Waals surface area (Å²) in [5.74, 6) is -0.345. The van der Waals surface area contributed by atoms with Crippen molar-refractivity contribution in [1.82, 2.24) is 4.90 Å². The zero-order valence-electron chi connectivity index (χ0n) is 14.3. The first-order valence-electron chi connectivity index (χ1n) is 8.17. The number of fused-ring (bicyclic) bond motifs is 1. The largest absolute Gasteiger partial charge is 0.361 e. The lowest BCUT2D eigenvalue weighted by molar-refractivity contribution is -0.0294. The fraction of sp³-hybridized carbons (Fsp3) is 0.350. The van der Waals surface area contributed by atoms with Gasteiger partial charge in [0.2, 0.25) is 0 Å². The maximum absolute atomic E-state index is 14.7. The van der Waals surface area contributed by atoms with Crippen molar-refractivity contribution in [2.75, 3.05) is 20.6 Å². The van der Waals surface area contributed by atoms with E-state index in [0.29, 0.717) is 12.2 Å². The number of nitrogens with zero attached hydrogens (tertiary/aromatic N) is 2. The molecule has 2 atom stereocenters. The van der Waals surface area contributed by atoms with E-state index in [2.05, 4.69) is 6.07 Å². The van der Waals surface area contributed by atoms with Gasteiger partial charge in [0.05, 0.1) is 18.2 Å². The molecule has 3 rings (SSSR count). The van der Waals surface area contributed by atoms with E-state index in [1.54, 1.807) is 29.2 Å². The second-order valence-electron chi connectivity index (χ2n) is 6.67. The molecule has 130 valence electrons. The lowest BCUT2D eigenvalue weighted by Gasteiger charge is -2.32. The molecule has 5 heteroatoms. The first-order valence-corrected chi connectivity index (χ1v) is 8.17. The van der Waals surface area contributed by atoms with Gasteiger partial charge in [-0.3, -0.25) is 0 Å². The van der Waals surface area contributed by atoms with E-state index in [9.17, 15) is 8.78 Å². The number of halogens is 2. The van der Waals surface area contributed by atoms with Gasteiger partial charge in [-0.1, -0.05) is 18.2 Å². The summed E-state index contributed by atoms with van der Waals surface area (Å²) in [4.78, 5) is 1.79. The zero-order valence-corrected chi connectivity index (χ0v) is 14.3. The number of benzene rings is 2. The molecule has 0 radical (unpaired) electrons. The Morgan fingerprint density at radius 1 is 1.24 bits per heavy atom. The fourth-order valence-electron chi connectivity index (χ4n) is 3.47. The van der Waals surface area contributed by atoms with Crippen LogP contribution in [0.2, 0.25) is 0 Å². The minimum Gasteiger partial charge on any atom is -0.361 e. The minimum atomic E-state index is -1.11. The molecule has 0 unspecified atom stereocenters. The van der Waals surface area contributed by atoms with Crippen LogP contribution in [0.15, 0.2) is 42.5 Å². The van der Waals surface area contributed by atoms with Crippen molar-refractivity contribution < 1.29 is 13.5 Å². The van der Waals surface area contributed by atoms with E-state index in [1.807, 2.05) is 20.2 Å². The monoisotopic (exact) mass is 342 g/mol. The molecule has 0 fully saturated rings. The molecule has 0 saturated heterocycles. The lowest BCUT2D eigenvalue weighted by Crippen LogP contribution is -2.34. The number of nitriles is 1. The maximum atomic E-state index is 14.7. The first-order chi connectivity index (χ1) is 11.9. The Morgan fingerprint density at radius 3 is 2.60 bits per heavy atom. The molecule has 0 spiro atoms. The van der Waals surface area contributed by atoms with Crippen LogP contribution in [0, 0.1) is 17.1 Å². The Hall–Kier alpha value is -2.29. The molecule has 1 aliphatic rings. The van der Waals surface area contributed by atoms with E-state index < -0.39 is 11.8 Å². The number of alkyl halides is 1. The normalized spacial score (nSPS) is 20.3. The molecule has 25 heavy (non-hydrogen) atoms. The minimum absolute atomic E-state index is 0.135. The third kappa shape index (κ3) is 3.41. The summed E-state index contributed by atoms with van der Waals surface area (Å²) in [6.07, 6.45) is -0.975. The molecule has 0 N–H and O–H groups in total. The van der Waals surface area contributed by atoms with Crippen molar-refractivity contribution in [3.8, 4) is 6.07 Å². The van der Waals surface area contributed by atoms with Gasteiger partial charge in [0.25, 0.3) is 0 Å². The summed E-state index contributed by atoms with van der Waals surface area (Å²) >= 11 is 0. The molecular weight excluding hydrogens is 322 g/mol.